The van der Waals surface area contributed by atoms with Crippen LogP contribution in [-0.4, -0.2) is 29.0 Å². The van der Waals surface area contributed by atoms with Crippen molar-refractivity contribution in [3.05, 3.63) is 34.7 Å². The summed E-state index contributed by atoms with van der Waals surface area (Å²) in [5.41, 5.74) is 2.14. The summed E-state index contributed by atoms with van der Waals surface area (Å²) in [4.78, 5) is 22.2. The summed E-state index contributed by atoms with van der Waals surface area (Å²) in [6.07, 6.45) is 1.28. The van der Waals surface area contributed by atoms with E-state index in [4.69, 9.17) is 0 Å². The Hall–Kier alpha value is -2.37. The summed E-state index contributed by atoms with van der Waals surface area (Å²) < 4.78 is 0. The molecule has 0 aliphatic carbocycles. The van der Waals surface area contributed by atoms with Gasteiger partial charge in [-0.25, -0.2) is 4.98 Å². The van der Waals surface area contributed by atoms with E-state index >= 15 is 0 Å². The lowest BCUT2D eigenvalue weighted by Crippen LogP contribution is -2.26. The number of aliphatic imine (C=N–C) groups is 1. The minimum absolute atomic E-state index is 0.203. The summed E-state index contributed by atoms with van der Waals surface area (Å²) in [7, 11) is 0. The molecule has 6 nitrogen and oxygen atoms in total. The second kappa shape index (κ2) is 3.89. The van der Waals surface area contributed by atoms with Gasteiger partial charge in [0.25, 0.3) is 5.56 Å². The molecule has 6 heteroatoms. The number of hydrogen-bond donors (Lipinski definition) is 3. The number of nitrogens with one attached hydrogen (secondary N) is 3. The summed E-state index contributed by atoms with van der Waals surface area (Å²) in [5.74, 6) is 0.760. The quantitative estimate of drug-likeness (QED) is 0.656. The number of hydrogen-bond acceptors (Lipinski definition) is 5. The lowest BCUT2D eigenvalue weighted by atomic mass is 10.2. The molecule has 1 aromatic heterocycles. The highest BCUT2D eigenvalue weighted by molar-refractivity contribution is 5.96. The predicted molar refractivity (Wildman–Crippen MR) is 66.3 cm³/mol. The van der Waals surface area contributed by atoms with Crippen molar-refractivity contribution in [3.63, 3.8) is 0 Å². The van der Waals surface area contributed by atoms with Gasteiger partial charge in [0.05, 0.1) is 23.8 Å². The fraction of sp³-hybridized carbons (Fsp3) is 0.182. The minimum Gasteiger partial charge on any atom is -0.354 e. The third-order valence-electron chi connectivity index (χ3n) is 2.51. The van der Waals surface area contributed by atoms with Crippen molar-refractivity contribution < 1.29 is 0 Å². The molecule has 0 fully saturated rings. The Morgan fingerprint density at radius 2 is 2.29 bits per heavy atom. The number of guanidine groups is 1. The molecular formula is C11H11N5O. The highest BCUT2D eigenvalue weighted by Crippen LogP contribution is 2.14. The van der Waals surface area contributed by atoms with Gasteiger partial charge in [-0.05, 0) is 18.2 Å². The largest absolute Gasteiger partial charge is 0.354 e. The molecule has 3 N–H and O–H groups in total. The zero-order chi connectivity index (χ0) is 11.7. The van der Waals surface area contributed by atoms with Crippen LogP contribution in [0.5, 0.6) is 0 Å². The van der Waals surface area contributed by atoms with Crippen LogP contribution in [0, 0.1) is 0 Å². The van der Waals surface area contributed by atoms with Gasteiger partial charge >= 0.3 is 0 Å². The summed E-state index contributed by atoms with van der Waals surface area (Å²) >= 11 is 0. The van der Waals surface area contributed by atoms with E-state index in [0.29, 0.717) is 5.52 Å². The van der Waals surface area contributed by atoms with Crippen molar-refractivity contribution >= 4 is 22.7 Å². The van der Waals surface area contributed by atoms with Crippen LogP contribution in [0.3, 0.4) is 0 Å². The molecule has 1 aromatic carbocycles. The smallest absolute Gasteiger partial charge is 0.266 e. The average molecular weight is 229 g/mol. The van der Waals surface area contributed by atoms with E-state index in [1.165, 1.54) is 6.20 Å². The van der Waals surface area contributed by atoms with E-state index in [1.54, 1.807) is 0 Å². The standard InChI is InChI=1S/C11H11N5O/c17-10-6-14-8-2-1-7(5-9(8)16-10)15-11-12-3-4-13-11/h1-2,5-6H,3-4H2,(H,16,17)(H2,12,13,15). The number of nitrogens with zero attached hydrogens (tertiary/aromatic N) is 2. The second-order valence-corrected chi connectivity index (χ2v) is 3.76. The Balaban J connectivity index is 1.97. The molecule has 1 aliphatic heterocycles. The molecule has 0 radical (unpaired) electrons. The molecule has 0 amide bonds. The van der Waals surface area contributed by atoms with Crippen LogP contribution >= 0.6 is 0 Å². The Bertz CT molecular complexity index is 646. The number of anilines is 1. The van der Waals surface area contributed by atoms with E-state index in [1.807, 2.05) is 18.2 Å². The molecule has 0 bridgehead atoms. The Morgan fingerprint density at radius 1 is 1.35 bits per heavy atom. The number of aromatic amines is 1. The molecule has 0 saturated carbocycles. The third kappa shape index (κ3) is 1.96. The molecule has 2 aromatic rings. The Kier molecular flexibility index (Phi) is 2.25. The van der Waals surface area contributed by atoms with Gasteiger partial charge < -0.3 is 15.6 Å². The highest BCUT2D eigenvalue weighted by atomic mass is 16.1. The molecule has 3 rings (SSSR count). The van der Waals surface area contributed by atoms with Crippen LogP contribution < -0.4 is 16.2 Å². The topological polar surface area (TPSA) is 82.2 Å². The summed E-state index contributed by atoms with van der Waals surface area (Å²) in [6.45, 7) is 1.64. The predicted octanol–water partition coefficient (Wildman–Crippen LogP) is 0.294. The van der Waals surface area contributed by atoms with Crippen molar-refractivity contribution in [1.29, 1.82) is 0 Å². The SMILES string of the molecule is O=c1cnc2ccc(NC3=NCCN3)cc2[nH]1. The molecule has 0 spiro atoms. The van der Waals surface area contributed by atoms with Crippen molar-refractivity contribution in [2.24, 2.45) is 4.99 Å². The monoisotopic (exact) mass is 229 g/mol. The van der Waals surface area contributed by atoms with Crippen LogP contribution in [0.4, 0.5) is 5.69 Å². The molecule has 1 aliphatic rings. The molecule has 0 unspecified atom stereocenters. The second-order valence-electron chi connectivity index (χ2n) is 3.76. The van der Waals surface area contributed by atoms with Gasteiger partial charge in [0.2, 0.25) is 0 Å². The lowest BCUT2D eigenvalue weighted by molar-refractivity contribution is 0.959. The Labute approximate surface area is 96.8 Å². The van der Waals surface area contributed by atoms with Crippen molar-refractivity contribution in [2.75, 3.05) is 18.4 Å². The zero-order valence-corrected chi connectivity index (χ0v) is 9.03. The first-order valence-corrected chi connectivity index (χ1v) is 5.36. The molecule has 0 atom stereocenters. The zero-order valence-electron chi connectivity index (χ0n) is 9.03. The van der Waals surface area contributed by atoms with Crippen molar-refractivity contribution in [1.82, 2.24) is 15.3 Å². The molecule has 2 heterocycles. The molecule has 0 saturated heterocycles. The summed E-state index contributed by atoms with van der Waals surface area (Å²) in [6, 6.07) is 5.59. The Morgan fingerprint density at radius 3 is 3.12 bits per heavy atom. The molecular weight excluding hydrogens is 218 g/mol. The van der Waals surface area contributed by atoms with Gasteiger partial charge in [0.1, 0.15) is 0 Å². The van der Waals surface area contributed by atoms with Crippen LogP contribution in [0.1, 0.15) is 0 Å². The number of H-pyrrole nitrogens is 1. The van der Waals surface area contributed by atoms with Gasteiger partial charge in [-0.3, -0.25) is 9.79 Å². The maximum absolute atomic E-state index is 11.2. The van der Waals surface area contributed by atoms with Gasteiger partial charge in [0, 0.05) is 12.2 Å². The minimum atomic E-state index is -0.203. The first-order chi connectivity index (χ1) is 8.31. The summed E-state index contributed by atoms with van der Waals surface area (Å²) in [5, 5.41) is 6.26. The number of fused-ring (bicyclic) bond motifs is 1. The van der Waals surface area contributed by atoms with Crippen LogP contribution in [-0.2, 0) is 0 Å². The molecule has 86 valence electrons. The number of rotatable bonds is 1. The van der Waals surface area contributed by atoms with E-state index in [9.17, 15) is 4.79 Å². The number of benzene rings is 1. The fourth-order valence-corrected chi connectivity index (χ4v) is 1.74. The van der Waals surface area contributed by atoms with E-state index < -0.39 is 0 Å². The average Bonchev–Trinajstić information content (AvgIpc) is 2.81. The van der Waals surface area contributed by atoms with Crippen LogP contribution in [0.25, 0.3) is 11.0 Å². The fourth-order valence-electron chi connectivity index (χ4n) is 1.74. The molecule has 17 heavy (non-hydrogen) atoms. The maximum Gasteiger partial charge on any atom is 0.266 e. The van der Waals surface area contributed by atoms with E-state index in [2.05, 4.69) is 25.6 Å². The van der Waals surface area contributed by atoms with Gasteiger partial charge in [-0.1, -0.05) is 0 Å². The van der Waals surface area contributed by atoms with Gasteiger partial charge in [-0.2, -0.15) is 0 Å². The van der Waals surface area contributed by atoms with Crippen molar-refractivity contribution in [2.45, 2.75) is 0 Å². The van der Waals surface area contributed by atoms with E-state index in [-0.39, 0.29) is 5.56 Å². The number of aromatic nitrogens is 2. The normalized spacial score (nSPS) is 14.5. The third-order valence-corrected chi connectivity index (χ3v) is 2.51. The van der Waals surface area contributed by atoms with Crippen LogP contribution in [0.15, 0.2) is 34.2 Å². The first kappa shape index (κ1) is 9.83. The van der Waals surface area contributed by atoms with E-state index in [0.717, 1.165) is 30.3 Å². The van der Waals surface area contributed by atoms with Crippen LogP contribution in [0.2, 0.25) is 0 Å². The van der Waals surface area contributed by atoms with Gasteiger partial charge in [0.15, 0.2) is 5.96 Å². The first-order valence-electron chi connectivity index (χ1n) is 5.36. The highest BCUT2D eigenvalue weighted by Gasteiger charge is 2.05. The van der Waals surface area contributed by atoms with Crippen molar-refractivity contribution in [3.8, 4) is 0 Å². The lowest BCUT2D eigenvalue weighted by Gasteiger charge is -2.06. The van der Waals surface area contributed by atoms with Gasteiger partial charge in [-0.15, -0.1) is 0 Å². The maximum atomic E-state index is 11.2.